The van der Waals surface area contributed by atoms with Gasteiger partial charge in [-0.3, -0.25) is 4.79 Å². The Kier molecular flexibility index (Phi) is 3.19. The first-order chi connectivity index (χ1) is 7.70. The smallest absolute Gasteiger partial charge is 0.252 e. The highest BCUT2D eigenvalue weighted by molar-refractivity contribution is 9.08. The largest absolute Gasteiger partial charge is 0.322 e. The Morgan fingerprint density at radius 2 is 1.81 bits per heavy atom. The normalized spacial score (nSPS) is 10.4. The lowest BCUT2D eigenvalue weighted by Gasteiger charge is -2.02. The number of benzene rings is 1. The molecule has 82 valence electrons. The van der Waals surface area contributed by atoms with Gasteiger partial charge in [0.2, 0.25) is 0 Å². The van der Waals surface area contributed by atoms with Crippen LogP contribution in [0.3, 0.4) is 0 Å². The van der Waals surface area contributed by atoms with Crippen LogP contribution >= 0.6 is 15.9 Å². The molecule has 1 N–H and O–H groups in total. The van der Waals surface area contributed by atoms with Crippen molar-refractivity contribution >= 4 is 15.9 Å². The van der Waals surface area contributed by atoms with E-state index < -0.39 is 0 Å². The van der Waals surface area contributed by atoms with Crippen LogP contribution in [0, 0.1) is 5.82 Å². The molecule has 4 heteroatoms. The standard InChI is InChI=1S/C12H9BrFNO/c13-7-9-3-6-11(15-12(9)16)8-1-4-10(14)5-2-8/h1-6H,7H2,(H,15,16). The van der Waals surface area contributed by atoms with Crippen molar-refractivity contribution in [3.05, 3.63) is 58.1 Å². The Hall–Kier alpha value is -1.42. The van der Waals surface area contributed by atoms with E-state index in [1.54, 1.807) is 18.2 Å². The zero-order valence-electron chi connectivity index (χ0n) is 8.34. The Balaban J connectivity index is 2.45. The number of aromatic nitrogens is 1. The summed E-state index contributed by atoms with van der Waals surface area (Å²) in [6.07, 6.45) is 0. The van der Waals surface area contributed by atoms with E-state index in [1.807, 2.05) is 6.07 Å². The van der Waals surface area contributed by atoms with E-state index >= 15 is 0 Å². The molecule has 0 amide bonds. The lowest BCUT2D eigenvalue weighted by Crippen LogP contribution is -2.11. The average Bonchev–Trinajstić information content (AvgIpc) is 2.30. The van der Waals surface area contributed by atoms with Gasteiger partial charge in [0.1, 0.15) is 5.82 Å². The second-order valence-corrected chi connectivity index (χ2v) is 3.93. The second kappa shape index (κ2) is 4.61. The molecule has 1 heterocycles. The maximum atomic E-state index is 12.7. The lowest BCUT2D eigenvalue weighted by molar-refractivity contribution is 0.628. The summed E-state index contributed by atoms with van der Waals surface area (Å²) in [5.74, 6) is -0.289. The highest BCUT2D eigenvalue weighted by atomic mass is 79.9. The SMILES string of the molecule is O=c1[nH]c(-c2ccc(F)cc2)ccc1CBr. The van der Waals surface area contributed by atoms with Crippen LogP contribution in [-0.2, 0) is 5.33 Å². The molecule has 0 saturated heterocycles. The minimum Gasteiger partial charge on any atom is -0.322 e. The van der Waals surface area contributed by atoms with E-state index in [4.69, 9.17) is 0 Å². The van der Waals surface area contributed by atoms with Crippen LogP contribution in [0.1, 0.15) is 5.56 Å². The lowest BCUT2D eigenvalue weighted by atomic mass is 10.1. The summed E-state index contributed by atoms with van der Waals surface area (Å²) >= 11 is 3.23. The molecule has 2 rings (SSSR count). The Morgan fingerprint density at radius 3 is 2.38 bits per heavy atom. The van der Waals surface area contributed by atoms with Gasteiger partial charge in [-0.15, -0.1) is 0 Å². The van der Waals surface area contributed by atoms with Gasteiger partial charge in [-0.25, -0.2) is 4.39 Å². The van der Waals surface area contributed by atoms with Gasteiger partial charge in [0.15, 0.2) is 0 Å². The first kappa shape index (κ1) is 11.1. The van der Waals surface area contributed by atoms with Crippen LogP contribution in [0.4, 0.5) is 4.39 Å². The topological polar surface area (TPSA) is 32.9 Å². The molecule has 0 saturated carbocycles. The number of H-pyrrole nitrogens is 1. The summed E-state index contributed by atoms with van der Waals surface area (Å²) in [5, 5.41) is 0.520. The Morgan fingerprint density at radius 1 is 1.12 bits per heavy atom. The maximum absolute atomic E-state index is 12.7. The predicted octanol–water partition coefficient (Wildman–Crippen LogP) is 3.08. The highest BCUT2D eigenvalue weighted by Gasteiger charge is 2.02. The Bertz CT molecular complexity index is 548. The summed E-state index contributed by atoms with van der Waals surface area (Å²) in [6, 6.07) is 9.57. The fourth-order valence-corrected chi connectivity index (χ4v) is 1.85. The molecule has 0 fully saturated rings. The van der Waals surface area contributed by atoms with Crippen molar-refractivity contribution < 1.29 is 4.39 Å². The third-order valence-corrected chi connectivity index (χ3v) is 2.89. The van der Waals surface area contributed by atoms with Crippen molar-refractivity contribution in [2.75, 3.05) is 0 Å². The summed E-state index contributed by atoms with van der Waals surface area (Å²) in [7, 11) is 0. The van der Waals surface area contributed by atoms with Crippen molar-refractivity contribution in [2.24, 2.45) is 0 Å². The van der Waals surface area contributed by atoms with Crippen LogP contribution in [-0.4, -0.2) is 4.98 Å². The monoisotopic (exact) mass is 281 g/mol. The van der Waals surface area contributed by atoms with Gasteiger partial charge in [0, 0.05) is 16.6 Å². The van der Waals surface area contributed by atoms with E-state index in [9.17, 15) is 9.18 Å². The van der Waals surface area contributed by atoms with Crippen molar-refractivity contribution in [1.29, 1.82) is 0 Å². The van der Waals surface area contributed by atoms with Gasteiger partial charge < -0.3 is 4.98 Å². The van der Waals surface area contributed by atoms with E-state index in [0.717, 1.165) is 5.56 Å². The minimum absolute atomic E-state index is 0.126. The number of aromatic amines is 1. The number of hydrogen-bond acceptors (Lipinski definition) is 1. The van der Waals surface area contributed by atoms with E-state index in [0.29, 0.717) is 16.6 Å². The summed E-state index contributed by atoms with van der Waals surface area (Å²) in [4.78, 5) is 14.3. The van der Waals surface area contributed by atoms with Crippen LogP contribution in [0.15, 0.2) is 41.2 Å². The first-order valence-corrected chi connectivity index (χ1v) is 5.87. The van der Waals surface area contributed by atoms with Crippen LogP contribution < -0.4 is 5.56 Å². The zero-order valence-corrected chi connectivity index (χ0v) is 9.92. The van der Waals surface area contributed by atoms with Crippen molar-refractivity contribution in [2.45, 2.75) is 5.33 Å². The fraction of sp³-hybridized carbons (Fsp3) is 0.0833. The molecule has 2 nitrogen and oxygen atoms in total. The van der Waals surface area contributed by atoms with Crippen LogP contribution in [0.25, 0.3) is 11.3 Å². The van der Waals surface area contributed by atoms with Gasteiger partial charge >= 0.3 is 0 Å². The van der Waals surface area contributed by atoms with Crippen molar-refractivity contribution in [3.63, 3.8) is 0 Å². The number of rotatable bonds is 2. The number of hydrogen-bond donors (Lipinski definition) is 1. The summed E-state index contributed by atoms with van der Waals surface area (Å²) in [6.45, 7) is 0. The number of halogens is 2. The van der Waals surface area contributed by atoms with E-state index in [1.165, 1.54) is 12.1 Å². The third kappa shape index (κ3) is 2.22. The molecule has 0 unspecified atom stereocenters. The molecule has 0 aliphatic heterocycles. The average molecular weight is 282 g/mol. The van der Waals surface area contributed by atoms with E-state index in [2.05, 4.69) is 20.9 Å². The van der Waals surface area contributed by atoms with Crippen LogP contribution in [0.5, 0.6) is 0 Å². The van der Waals surface area contributed by atoms with Gasteiger partial charge in [-0.2, -0.15) is 0 Å². The number of alkyl halides is 1. The molecule has 2 aromatic rings. The fourth-order valence-electron chi connectivity index (χ4n) is 1.41. The second-order valence-electron chi connectivity index (χ2n) is 3.37. The van der Waals surface area contributed by atoms with Gasteiger partial charge in [-0.1, -0.05) is 22.0 Å². The first-order valence-electron chi connectivity index (χ1n) is 4.75. The van der Waals surface area contributed by atoms with Crippen molar-refractivity contribution in [3.8, 4) is 11.3 Å². The molecule has 0 spiro atoms. The number of pyridine rings is 1. The van der Waals surface area contributed by atoms with Gasteiger partial charge in [-0.05, 0) is 35.9 Å². The van der Waals surface area contributed by atoms with E-state index in [-0.39, 0.29) is 11.4 Å². The quantitative estimate of drug-likeness (QED) is 0.844. The third-order valence-electron chi connectivity index (χ3n) is 2.29. The molecule has 0 bridgehead atoms. The predicted molar refractivity (Wildman–Crippen MR) is 65.1 cm³/mol. The zero-order chi connectivity index (χ0) is 11.5. The molecule has 0 aliphatic rings. The maximum Gasteiger partial charge on any atom is 0.252 e. The van der Waals surface area contributed by atoms with Gasteiger partial charge in [0.25, 0.3) is 5.56 Å². The molecular formula is C12H9BrFNO. The minimum atomic E-state index is -0.289. The summed E-state index contributed by atoms with van der Waals surface area (Å²) in [5.41, 5.74) is 2.03. The molecule has 1 aromatic carbocycles. The summed E-state index contributed by atoms with van der Waals surface area (Å²) < 4.78 is 12.7. The molecule has 0 atom stereocenters. The molecule has 0 radical (unpaired) electrons. The van der Waals surface area contributed by atoms with Gasteiger partial charge in [0.05, 0.1) is 0 Å². The molecule has 1 aromatic heterocycles. The highest BCUT2D eigenvalue weighted by Crippen LogP contribution is 2.16. The number of nitrogens with one attached hydrogen (secondary N) is 1. The Labute approximate surface area is 100 Å². The van der Waals surface area contributed by atoms with Crippen molar-refractivity contribution in [1.82, 2.24) is 4.98 Å². The van der Waals surface area contributed by atoms with Crippen LogP contribution in [0.2, 0.25) is 0 Å². The molecule has 0 aliphatic carbocycles. The molecular weight excluding hydrogens is 273 g/mol. The molecule has 16 heavy (non-hydrogen) atoms.